The third-order valence-corrected chi connectivity index (χ3v) is 3.81. The van der Waals surface area contributed by atoms with Gasteiger partial charge in [-0.1, -0.05) is 36.4 Å². The van der Waals surface area contributed by atoms with Crippen molar-refractivity contribution < 1.29 is 27.9 Å². The van der Waals surface area contributed by atoms with Crippen LogP contribution in [0.2, 0.25) is 0 Å². The zero-order valence-electron chi connectivity index (χ0n) is 15.8. The second-order valence-electron chi connectivity index (χ2n) is 6.14. The van der Waals surface area contributed by atoms with Crippen LogP contribution in [-0.4, -0.2) is 29.9 Å². The topological polar surface area (TPSA) is 84.5 Å². The molecule has 152 valence electrons. The molecule has 0 bridgehead atoms. The van der Waals surface area contributed by atoms with Crippen molar-refractivity contribution in [2.24, 2.45) is 0 Å². The van der Waals surface area contributed by atoms with E-state index in [1.807, 2.05) is 23.5 Å². The average molecular weight is 402 g/mol. The second kappa shape index (κ2) is 10.1. The number of ether oxygens (including phenoxy) is 1. The zero-order chi connectivity index (χ0) is 21.4. The van der Waals surface area contributed by atoms with Crippen LogP contribution in [0.4, 0.5) is 14.5 Å². The second-order valence-corrected chi connectivity index (χ2v) is 6.14. The smallest absolute Gasteiger partial charge is 0.329 e. The number of carbonyl (C=O) groups is 3. The van der Waals surface area contributed by atoms with E-state index in [9.17, 15) is 23.2 Å². The molecule has 2 N–H and O–H groups in total. The predicted molar refractivity (Wildman–Crippen MR) is 104 cm³/mol. The van der Waals surface area contributed by atoms with E-state index >= 15 is 0 Å². The van der Waals surface area contributed by atoms with Crippen LogP contribution >= 0.6 is 0 Å². The van der Waals surface area contributed by atoms with Crippen LogP contribution in [0.1, 0.15) is 19.4 Å². The molecule has 29 heavy (non-hydrogen) atoms. The predicted octanol–water partition coefficient (Wildman–Crippen LogP) is 3.05. The van der Waals surface area contributed by atoms with Gasteiger partial charge in [0.05, 0.1) is 0 Å². The third-order valence-electron chi connectivity index (χ3n) is 3.81. The first-order chi connectivity index (χ1) is 13.8. The average Bonchev–Trinajstić information content (AvgIpc) is 2.69. The molecule has 2 atom stereocenters. The summed E-state index contributed by atoms with van der Waals surface area (Å²) in [6.07, 6.45) is 1.50. The molecule has 2 aromatic rings. The largest absolute Gasteiger partial charge is 0.451 e. The van der Waals surface area contributed by atoms with Crippen molar-refractivity contribution >= 4 is 29.5 Å². The highest BCUT2D eigenvalue weighted by Crippen LogP contribution is 2.18. The summed E-state index contributed by atoms with van der Waals surface area (Å²) < 4.78 is 32.1. The Bertz CT molecular complexity index is 896. The Kier molecular flexibility index (Phi) is 7.59. The molecule has 0 heterocycles. The molecule has 2 aromatic carbocycles. The SMILES string of the molecule is C[C@H](NC(=O)/C=C/c1ccccc1)C(=O)O[C@@H](C)C(=O)Nc1c(F)cccc1F. The van der Waals surface area contributed by atoms with Crippen LogP contribution in [0.25, 0.3) is 6.08 Å². The normalized spacial score (nSPS) is 12.8. The fraction of sp³-hybridized carbons (Fsp3) is 0.190. The van der Waals surface area contributed by atoms with Gasteiger partial charge in [0.25, 0.3) is 5.91 Å². The van der Waals surface area contributed by atoms with Crippen molar-refractivity contribution in [3.8, 4) is 0 Å². The molecule has 0 aliphatic rings. The Morgan fingerprint density at radius 3 is 2.21 bits per heavy atom. The van der Waals surface area contributed by atoms with E-state index in [0.29, 0.717) is 0 Å². The summed E-state index contributed by atoms with van der Waals surface area (Å²) in [5.74, 6) is -4.22. The van der Waals surface area contributed by atoms with Gasteiger partial charge in [0, 0.05) is 6.08 Å². The van der Waals surface area contributed by atoms with E-state index in [2.05, 4.69) is 5.32 Å². The first kappa shape index (κ1) is 21.7. The van der Waals surface area contributed by atoms with E-state index in [1.54, 1.807) is 18.2 Å². The lowest BCUT2D eigenvalue weighted by atomic mass is 10.2. The van der Waals surface area contributed by atoms with Gasteiger partial charge in [-0.3, -0.25) is 9.59 Å². The third kappa shape index (κ3) is 6.53. The molecule has 0 saturated heterocycles. The summed E-state index contributed by atoms with van der Waals surface area (Å²) in [6.45, 7) is 2.63. The van der Waals surface area contributed by atoms with Crippen molar-refractivity contribution in [1.29, 1.82) is 0 Å². The highest BCUT2D eigenvalue weighted by molar-refractivity contribution is 5.97. The summed E-state index contributed by atoms with van der Waals surface area (Å²) in [4.78, 5) is 36.0. The number of halogens is 2. The number of benzene rings is 2. The molecule has 0 aliphatic heterocycles. The van der Waals surface area contributed by atoms with E-state index < -0.39 is 47.3 Å². The van der Waals surface area contributed by atoms with Crippen molar-refractivity contribution in [3.63, 3.8) is 0 Å². The summed E-state index contributed by atoms with van der Waals surface area (Å²) in [5.41, 5.74) is 0.177. The van der Waals surface area contributed by atoms with Gasteiger partial charge in [0.2, 0.25) is 5.91 Å². The number of anilines is 1. The molecule has 0 aromatic heterocycles. The molecule has 6 nitrogen and oxygen atoms in total. The lowest BCUT2D eigenvalue weighted by Crippen LogP contribution is -2.41. The number of amides is 2. The van der Waals surface area contributed by atoms with E-state index in [1.165, 1.54) is 19.9 Å². The van der Waals surface area contributed by atoms with Gasteiger partial charge in [-0.25, -0.2) is 13.6 Å². The van der Waals surface area contributed by atoms with E-state index in [0.717, 1.165) is 23.8 Å². The van der Waals surface area contributed by atoms with E-state index in [4.69, 9.17) is 4.74 Å². The standard InChI is InChI=1S/C21H20F2N2O4/c1-13(24-18(26)12-11-15-7-4-3-5-8-15)21(28)29-14(2)20(27)25-19-16(22)9-6-10-17(19)23/h3-14H,1-2H3,(H,24,26)(H,25,27)/b12-11+/t13-,14-/m0/s1. The summed E-state index contributed by atoms with van der Waals surface area (Å²) in [7, 11) is 0. The Balaban J connectivity index is 1.87. The molecule has 8 heteroatoms. The summed E-state index contributed by atoms with van der Waals surface area (Å²) in [5, 5.41) is 4.45. The zero-order valence-corrected chi connectivity index (χ0v) is 15.8. The van der Waals surface area contributed by atoms with Crippen molar-refractivity contribution in [1.82, 2.24) is 5.32 Å². The maximum absolute atomic E-state index is 13.6. The molecule has 2 amide bonds. The number of hydrogen-bond donors (Lipinski definition) is 2. The number of esters is 1. The minimum Gasteiger partial charge on any atom is -0.451 e. The van der Waals surface area contributed by atoms with Crippen molar-refractivity contribution in [2.45, 2.75) is 26.0 Å². The lowest BCUT2D eigenvalue weighted by molar-refractivity contribution is -0.155. The van der Waals surface area contributed by atoms with Gasteiger partial charge < -0.3 is 15.4 Å². The van der Waals surface area contributed by atoms with Crippen LogP contribution < -0.4 is 10.6 Å². The number of carbonyl (C=O) groups excluding carboxylic acids is 3. The maximum Gasteiger partial charge on any atom is 0.329 e. The Hall–Kier alpha value is -3.55. The highest BCUT2D eigenvalue weighted by Gasteiger charge is 2.24. The minimum atomic E-state index is -1.33. The Labute approximate surface area is 166 Å². The number of hydrogen-bond acceptors (Lipinski definition) is 4. The number of rotatable bonds is 7. The van der Waals surface area contributed by atoms with Gasteiger partial charge >= 0.3 is 5.97 Å². The number of para-hydroxylation sites is 1. The molecule has 0 radical (unpaired) electrons. The molecule has 0 aliphatic carbocycles. The molecule has 0 fully saturated rings. The first-order valence-corrected chi connectivity index (χ1v) is 8.77. The molecule has 0 unspecified atom stereocenters. The Morgan fingerprint density at radius 2 is 1.59 bits per heavy atom. The summed E-state index contributed by atoms with van der Waals surface area (Å²) in [6, 6.07) is 11.2. The molecular weight excluding hydrogens is 382 g/mol. The van der Waals surface area contributed by atoms with E-state index in [-0.39, 0.29) is 0 Å². The van der Waals surface area contributed by atoms with Gasteiger partial charge in [0.1, 0.15) is 23.4 Å². The minimum absolute atomic E-state index is 0.524. The van der Waals surface area contributed by atoms with Crippen LogP contribution in [0.3, 0.4) is 0 Å². The van der Waals surface area contributed by atoms with Crippen LogP contribution in [-0.2, 0) is 19.1 Å². The van der Waals surface area contributed by atoms with Crippen LogP contribution in [0, 0.1) is 11.6 Å². The van der Waals surface area contributed by atoms with Crippen molar-refractivity contribution in [2.75, 3.05) is 5.32 Å². The van der Waals surface area contributed by atoms with Crippen LogP contribution in [0.15, 0.2) is 54.6 Å². The van der Waals surface area contributed by atoms with Crippen LogP contribution in [0.5, 0.6) is 0 Å². The molecule has 2 rings (SSSR count). The number of nitrogens with one attached hydrogen (secondary N) is 2. The monoisotopic (exact) mass is 402 g/mol. The first-order valence-electron chi connectivity index (χ1n) is 8.77. The fourth-order valence-corrected chi connectivity index (χ4v) is 2.23. The highest BCUT2D eigenvalue weighted by atomic mass is 19.1. The van der Waals surface area contributed by atoms with Gasteiger partial charge in [-0.05, 0) is 37.6 Å². The van der Waals surface area contributed by atoms with Gasteiger partial charge in [-0.2, -0.15) is 0 Å². The maximum atomic E-state index is 13.6. The van der Waals surface area contributed by atoms with Gasteiger partial charge in [-0.15, -0.1) is 0 Å². The summed E-state index contributed by atoms with van der Waals surface area (Å²) >= 11 is 0. The lowest BCUT2D eigenvalue weighted by Gasteiger charge is -2.17. The Morgan fingerprint density at radius 1 is 0.966 bits per heavy atom. The fourth-order valence-electron chi connectivity index (χ4n) is 2.23. The van der Waals surface area contributed by atoms with Crippen molar-refractivity contribution in [3.05, 3.63) is 71.8 Å². The molecular formula is C21H20F2N2O4. The quantitative estimate of drug-likeness (QED) is 0.551. The molecule has 0 spiro atoms. The van der Waals surface area contributed by atoms with Gasteiger partial charge in [0.15, 0.2) is 6.10 Å². The molecule has 0 saturated carbocycles.